The Morgan fingerprint density at radius 3 is 2.44 bits per heavy atom. The predicted molar refractivity (Wildman–Crippen MR) is 76.6 cm³/mol. The summed E-state index contributed by atoms with van der Waals surface area (Å²) in [5.74, 6) is 0.592. The normalized spacial score (nSPS) is 15.8. The van der Waals surface area contributed by atoms with E-state index in [0.717, 1.165) is 31.1 Å². The molecule has 3 nitrogen and oxygen atoms in total. The van der Waals surface area contributed by atoms with E-state index in [1.54, 1.807) is 6.07 Å². The number of nitrogens with one attached hydrogen (secondary N) is 1. The minimum Gasteiger partial charge on any atom is -0.339 e. The maximum absolute atomic E-state index is 12.0. The zero-order valence-electron chi connectivity index (χ0n) is 9.79. The molecule has 1 aliphatic rings. The number of rotatable bonds is 3. The molecule has 18 heavy (non-hydrogen) atoms. The Bertz CT molecular complexity index is 416. The number of benzene rings is 1. The molecule has 1 amide bonds. The highest BCUT2D eigenvalue weighted by molar-refractivity contribution is 8.00. The molecular weight excluding hydrogens is 291 g/mol. The van der Waals surface area contributed by atoms with Gasteiger partial charge >= 0.3 is 0 Å². The zero-order chi connectivity index (χ0) is 13.0. The number of piperazine rings is 1. The Labute approximate surface area is 121 Å². The van der Waals surface area contributed by atoms with Gasteiger partial charge in [0.2, 0.25) is 5.91 Å². The fourth-order valence-corrected chi connectivity index (χ4v) is 3.31. The molecule has 1 saturated heterocycles. The van der Waals surface area contributed by atoms with E-state index < -0.39 is 0 Å². The smallest absolute Gasteiger partial charge is 0.233 e. The van der Waals surface area contributed by atoms with E-state index in [4.69, 9.17) is 23.2 Å². The second kappa shape index (κ2) is 6.66. The molecule has 1 N–H and O–H groups in total. The van der Waals surface area contributed by atoms with Gasteiger partial charge in [-0.05, 0) is 18.2 Å². The molecule has 2 rings (SSSR count). The number of nitrogens with zero attached hydrogens (tertiary/aromatic N) is 1. The van der Waals surface area contributed by atoms with Gasteiger partial charge in [0.25, 0.3) is 0 Å². The molecule has 0 spiro atoms. The van der Waals surface area contributed by atoms with Gasteiger partial charge in [0.05, 0.1) is 5.75 Å². The van der Waals surface area contributed by atoms with Gasteiger partial charge in [0.15, 0.2) is 0 Å². The second-order valence-electron chi connectivity index (χ2n) is 4.02. The first-order valence-corrected chi connectivity index (χ1v) is 7.47. The van der Waals surface area contributed by atoms with Crippen LogP contribution < -0.4 is 5.32 Å². The van der Waals surface area contributed by atoms with Gasteiger partial charge in [0, 0.05) is 41.1 Å². The van der Waals surface area contributed by atoms with Crippen LogP contribution in [0.1, 0.15) is 0 Å². The van der Waals surface area contributed by atoms with Crippen LogP contribution in [0.2, 0.25) is 10.0 Å². The fraction of sp³-hybridized carbons (Fsp3) is 0.417. The quantitative estimate of drug-likeness (QED) is 0.871. The van der Waals surface area contributed by atoms with Crippen molar-refractivity contribution in [1.82, 2.24) is 10.2 Å². The van der Waals surface area contributed by atoms with Crippen molar-refractivity contribution in [3.8, 4) is 0 Å². The summed E-state index contributed by atoms with van der Waals surface area (Å²) in [6.07, 6.45) is 0. The summed E-state index contributed by atoms with van der Waals surface area (Å²) in [6.45, 7) is 3.32. The molecule has 1 heterocycles. The lowest BCUT2D eigenvalue weighted by Gasteiger charge is -2.27. The molecular formula is C12H14Cl2N2OS. The third-order valence-corrected chi connectivity index (χ3v) is 4.06. The largest absolute Gasteiger partial charge is 0.339 e. The van der Waals surface area contributed by atoms with Crippen LogP contribution in [0.3, 0.4) is 0 Å². The summed E-state index contributed by atoms with van der Waals surface area (Å²) >= 11 is 13.3. The molecule has 1 fully saturated rings. The van der Waals surface area contributed by atoms with E-state index in [-0.39, 0.29) is 5.91 Å². The highest BCUT2D eigenvalue weighted by Gasteiger charge is 2.16. The Hall–Kier alpha value is -0.420. The van der Waals surface area contributed by atoms with Crippen LogP contribution >= 0.6 is 35.0 Å². The molecule has 0 atom stereocenters. The molecule has 1 aromatic carbocycles. The van der Waals surface area contributed by atoms with E-state index in [9.17, 15) is 4.79 Å². The maximum Gasteiger partial charge on any atom is 0.233 e. The number of carbonyl (C=O) groups is 1. The van der Waals surface area contributed by atoms with Gasteiger partial charge in [-0.25, -0.2) is 0 Å². The van der Waals surface area contributed by atoms with Crippen LogP contribution in [0, 0.1) is 0 Å². The van der Waals surface area contributed by atoms with Gasteiger partial charge < -0.3 is 10.2 Å². The van der Waals surface area contributed by atoms with Gasteiger partial charge in [-0.15, -0.1) is 11.8 Å². The van der Waals surface area contributed by atoms with Gasteiger partial charge in [-0.1, -0.05) is 23.2 Å². The van der Waals surface area contributed by atoms with Crippen molar-refractivity contribution in [2.75, 3.05) is 31.9 Å². The average Bonchev–Trinajstić information content (AvgIpc) is 2.36. The summed E-state index contributed by atoms with van der Waals surface area (Å²) in [4.78, 5) is 14.8. The fourth-order valence-electron chi connectivity index (χ4n) is 1.76. The first-order valence-electron chi connectivity index (χ1n) is 5.72. The van der Waals surface area contributed by atoms with Crippen molar-refractivity contribution < 1.29 is 4.79 Å². The van der Waals surface area contributed by atoms with Gasteiger partial charge in [-0.3, -0.25) is 4.79 Å². The summed E-state index contributed by atoms with van der Waals surface area (Å²) in [7, 11) is 0. The molecule has 0 radical (unpaired) electrons. The molecule has 0 unspecified atom stereocenters. The van der Waals surface area contributed by atoms with Crippen molar-refractivity contribution in [1.29, 1.82) is 0 Å². The summed E-state index contributed by atoms with van der Waals surface area (Å²) in [5.41, 5.74) is 0. The van der Waals surface area contributed by atoms with Crippen LogP contribution in [-0.4, -0.2) is 42.7 Å². The summed E-state index contributed by atoms with van der Waals surface area (Å²) < 4.78 is 0. The standard InChI is InChI=1S/C12H14Cl2N2OS/c13-9-5-10(14)7-11(6-9)18-8-12(17)16-3-1-15-2-4-16/h5-7,15H,1-4,8H2. The molecule has 1 aromatic rings. The lowest BCUT2D eigenvalue weighted by atomic mass is 10.3. The molecule has 0 bridgehead atoms. The lowest BCUT2D eigenvalue weighted by molar-refractivity contribution is -0.128. The second-order valence-corrected chi connectivity index (χ2v) is 5.95. The van der Waals surface area contributed by atoms with Crippen molar-refractivity contribution in [2.24, 2.45) is 0 Å². The lowest BCUT2D eigenvalue weighted by Crippen LogP contribution is -2.47. The van der Waals surface area contributed by atoms with Crippen LogP contribution in [0.25, 0.3) is 0 Å². The number of hydrogen-bond acceptors (Lipinski definition) is 3. The summed E-state index contributed by atoms with van der Waals surface area (Å²) in [6, 6.07) is 5.33. The van der Waals surface area contributed by atoms with E-state index >= 15 is 0 Å². The number of amides is 1. The average molecular weight is 305 g/mol. The Kier molecular flexibility index (Phi) is 5.18. The predicted octanol–water partition coefficient (Wildman–Crippen LogP) is 2.52. The van der Waals surface area contributed by atoms with E-state index in [2.05, 4.69) is 5.32 Å². The minimum atomic E-state index is 0.164. The SMILES string of the molecule is O=C(CSc1cc(Cl)cc(Cl)c1)N1CCNCC1. The van der Waals surface area contributed by atoms with E-state index in [1.807, 2.05) is 17.0 Å². The van der Waals surface area contributed by atoms with Gasteiger partial charge in [0.1, 0.15) is 0 Å². The molecule has 0 aliphatic carbocycles. The highest BCUT2D eigenvalue weighted by atomic mass is 35.5. The third-order valence-electron chi connectivity index (χ3n) is 2.67. The number of carbonyl (C=O) groups excluding carboxylic acids is 1. The Balaban J connectivity index is 1.88. The van der Waals surface area contributed by atoms with Crippen molar-refractivity contribution in [3.05, 3.63) is 28.2 Å². The van der Waals surface area contributed by atoms with Crippen LogP contribution in [0.5, 0.6) is 0 Å². The first-order chi connectivity index (χ1) is 8.65. The number of halogens is 2. The Morgan fingerprint density at radius 2 is 1.83 bits per heavy atom. The maximum atomic E-state index is 12.0. The summed E-state index contributed by atoms with van der Waals surface area (Å²) in [5, 5.41) is 4.42. The molecule has 6 heteroatoms. The van der Waals surface area contributed by atoms with Crippen molar-refractivity contribution in [3.63, 3.8) is 0 Å². The highest BCUT2D eigenvalue weighted by Crippen LogP contribution is 2.26. The minimum absolute atomic E-state index is 0.164. The van der Waals surface area contributed by atoms with E-state index in [1.165, 1.54) is 11.8 Å². The van der Waals surface area contributed by atoms with Crippen molar-refractivity contribution in [2.45, 2.75) is 4.90 Å². The monoisotopic (exact) mass is 304 g/mol. The van der Waals surface area contributed by atoms with Gasteiger partial charge in [-0.2, -0.15) is 0 Å². The Morgan fingerprint density at radius 1 is 1.22 bits per heavy atom. The molecule has 1 aliphatic heterocycles. The van der Waals surface area contributed by atoms with Crippen molar-refractivity contribution >= 4 is 40.9 Å². The first kappa shape index (κ1) is 14.0. The topological polar surface area (TPSA) is 32.3 Å². The number of thioether (sulfide) groups is 1. The van der Waals surface area contributed by atoms with Crippen LogP contribution in [0.4, 0.5) is 0 Å². The molecule has 0 saturated carbocycles. The third kappa shape index (κ3) is 4.05. The van der Waals surface area contributed by atoms with E-state index in [0.29, 0.717) is 15.8 Å². The molecule has 0 aromatic heterocycles. The molecule has 98 valence electrons. The zero-order valence-corrected chi connectivity index (χ0v) is 12.1. The van der Waals surface area contributed by atoms with Crippen LogP contribution in [0.15, 0.2) is 23.1 Å². The number of hydrogen-bond donors (Lipinski definition) is 1. The van der Waals surface area contributed by atoms with Crippen LogP contribution in [-0.2, 0) is 4.79 Å².